The molecule has 1 aromatic carbocycles. The van der Waals surface area contributed by atoms with Gasteiger partial charge in [-0.15, -0.1) is 0 Å². The Morgan fingerprint density at radius 2 is 1.00 bits per heavy atom. The van der Waals surface area contributed by atoms with E-state index in [2.05, 4.69) is 68.5 Å². The lowest BCUT2D eigenvalue weighted by atomic mass is 9.97. The molecule has 27 N–H and O–H groups in total. The quantitative estimate of drug-likeness (QED) is 0.0168. The summed E-state index contributed by atoms with van der Waals surface area (Å²) in [5.74, 6) is -14.0. The summed E-state index contributed by atoms with van der Waals surface area (Å²) >= 11 is 0. The summed E-state index contributed by atoms with van der Waals surface area (Å²) in [5.41, 5.74) is 40.3. The third-order valence-electron chi connectivity index (χ3n) is 16.2. The Hall–Kier alpha value is -9.51. The number of nitrogens with two attached hydrogens (primary N) is 7. The number of aliphatic imine (C=N–C) groups is 1. The zero-order valence-corrected chi connectivity index (χ0v) is 59.1. The molecule has 0 radical (unpaired) electrons. The molecule has 0 saturated heterocycles. The zero-order chi connectivity index (χ0) is 75.7. The number of primary amides is 3. The van der Waals surface area contributed by atoms with Crippen LogP contribution in [0, 0.1) is 23.7 Å². The highest BCUT2D eigenvalue weighted by Gasteiger charge is 2.38. The predicted octanol–water partition coefficient (Wildman–Crippen LogP) is -4.60. The van der Waals surface area contributed by atoms with Crippen LogP contribution < -0.4 is 98.6 Å². The van der Waals surface area contributed by atoms with Gasteiger partial charge in [0, 0.05) is 42.9 Å². The van der Waals surface area contributed by atoms with Crippen LogP contribution in [0.4, 0.5) is 0 Å². The predicted molar refractivity (Wildman–Crippen MR) is 372 cm³/mol. The molecule has 100 heavy (non-hydrogen) atoms. The van der Waals surface area contributed by atoms with Crippen molar-refractivity contribution in [3.63, 3.8) is 0 Å². The molecule has 0 fully saturated rings. The van der Waals surface area contributed by atoms with Crippen molar-refractivity contribution < 1.29 is 72.2 Å². The molecule has 0 spiro atoms. The van der Waals surface area contributed by atoms with E-state index in [9.17, 15) is 72.2 Å². The molecule has 2 aromatic rings. The minimum Gasteiger partial charge on any atom is -0.391 e. The van der Waals surface area contributed by atoms with E-state index in [1.54, 1.807) is 72.0 Å². The molecule has 1 aromatic heterocycles. The maximum Gasteiger partial charge on any atom is 0.245 e. The number of hydrogen-bond acceptors (Lipinski definition) is 18. The number of nitrogens with zero attached hydrogens (tertiary/aromatic N) is 1. The molecule has 0 aliphatic heterocycles. The van der Waals surface area contributed by atoms with Gasteiger partial charge in [0.15, 0.2) is 5.96 Å². The lowest BCUT2D eigenvalue weighted by Gasteiger charge is -2.29. The van der Waals surface area contributed by atoms with Crippen molar-refractivity contribution in [3.05, 3.63) is 36.0 Å². The van der Waals surface area contributed by atoms with Gasteiger partial charge in [0.1, 0.15) is 60.4 Å². The Balaban J connectivity index is 2.44. The number of benzene rings is 1. The molecular weight excluding hydrogens is 1300 g/mol. The van der Waals surface area contributed by atoms with Crippen LogP contribution in [0.1, 0.15) is 152 Å². The summed E-state index contributed by atoms with van der Waals surface area (Å²) in [6, 6.07) is -7.97. The van der Waals surface area contributed by atoms with Gasteiger partial charge in [-0.25, -0.2) is 0 Å². The first-order chi connectivity index (χ1) is 46.9. The normalized spacial score (nSPS) is 15.2. The number of H-pyrrole nitrogens is 1. The largest absolute Gasteiger partial charge is 0.391 e. The van der Waals surface area contributed by atoms with E-state index in [1.165, 1.54) is 13.8 Å². The maximum atomic E-state index is 14.5. The SMILES string of the molecule is CCC(C)C(NC(=O)CNC(=O)C(Cc1c[nH]c2ccccc12)NC(=O)C(NC(=O)C(NC(=O)C(N)CC(C)C)C(C)O)C(C)C)C(=O)NC(CCCCN)C(=O)NC(CCC(N)=O)C(=O)NC(CC(C)C)C(=O)NC(CCC(N)=O)C(=O)NC(C)C(=O)NC(CCCN=C(N)N)C(N)=O. The Kier molecular flexibility index (Phi) is 37.9. The van der Waals surface area contributed by atoms with E-state index in [1.807, 2.05) is 13.8 Å². The first-order valence-electron chi connectivity index (χ1n) is 33.8. The summed E-state index contributed by atoms with van der Waals surface area (Å²) in [6.07, 6.45) is -0.220. The molecule has 0 bridgehead atoms. The molecule has 35 heteroatoms. The Bertz CT molecular complexity index is 3140. The molecule has 0 aliphatic carbocycles. The number of carbonyl (C=O) groups excluding carboxylic acids is 14. The highest BCUT2D eigenvalue weighted by Crippen LogP contribution is 2.20. The van der Waals surface area contributed by atoms with Crippen molar-refractivity contribution in [1.82, 2.24) is 63.5 Å². The maximum absolute atomic E-state index is 14.5. The molecule has 13 atom stereocenters. The number of para-hydroxylation sites is 1. The van der Waals surface area contributed by atoms with Gasteiger partial charge in [0.25, 0.3) is 0 Å². The first-order valence-corrected chi connectivity index (χ1v) is 33.8. The van der Waals surface area contributed by atoms with Gasteiger partial charge in [-0.05, 0) is 113 Å². The van der Waals surface area contributed by atoms with E-state index in [0.717, 1.165) is 0 Å². The summed E-state index contributed by atoms with van der Waals surface area (Å²) < 4.78 is 0. The number of amides is 14. The van der Waals surface area contributed by atoms with E-state index in [-0.39, 0.29) is 82.3 Å². The van der Waals surface area contributed by atoms with Crippen molar-refractivity contribution in [2.75, 3.05) is 19.6 Å². The number of carbonyl (C=O) groups is 14. The van der Waals surface area contributed by atoms with Crippen molar-refractivity contribution in [2.45, 2.75) is 225 Å². The van der Waals surface area contributed by atoms with Gasteiger partial charge in [0.05, 0.1) is 18.7 Å². The van der Waals surface area contributed by atoms with Crippen molar-refractivity contribution >= 4 is 99.6 Å². The number of unbranched alkanes of at least 4 members (excludes halogenated alkanes) is 1. The Morgan fingerprint density at radius 3 is 1.53 bits per heavy atom. The minimum atomic E-state index is -1.60. The third-order valence-corrected chi connectivity index (χ3v) is 16.2. The second-order valence-corrected chi connectivity index (χ2v) is 26.3. The summed E-state index contributed by atoms with van der Waals surface area (Å²) in [6.45, 7) is 15.9. The fourth-order valence-electron chi connectivity index (χ4n) is 10.4. The van der Waals surface area contributed by atoms with Crippen LogP contribution in [0.2, 0.25) is 0 Å². The highest BCUT2D eigenvalue weighted by molar-refractivity contribution is 6.00. The Labute approximate surface area is 583 Å². The van der Waals surface area contributed by atoms with E-state index in [0.29, 0.717) is 29.3 Å². The van der Waals surface area contributed by atoms with Crippen LogP contribution >= 0.6 is 0 Å². The average Bonchev–Trinajstić information content (AvgIpc) is 1.64. The molecule has 0 saturated carbocycles. The number of nitrogens with one attached hydrogen (secondary N) is 12. The van der Waals surface area contributed by atoms with Gasteiger partial charge < -0.3 is 109 Å². The monoisotopic (exact) mass is 1410 g/mol. The summed E-state index contributed by atoms with van der Waals surface area (Å²) in [5, 5.41) is 39.4. The van der Waals surface area contributed by atoms with Crippen LogP contribution in [0.15, 0.2) is 35.5 Å². The molecule has 13 unspecified atom stereocenters. The third kappa shape index (κ3) is 31.1. The van der Waals surface area contributed by atoms with Gasteiger partial charge in [-0.2, -0.15) is 0 Å². The molecule has 14 amide bonds. The molecule has 560 valence electrons. The van der Waals surface area contributed by atoms with Crippen LogP contribution in [-0.4, -0.2) is 191 Å². The number of guanidine groups is 1. The minimum absolute atomic E-state index is 0.0392. The molecule has 2 rings (SSSR count). The van der Waals surface area contributed by atoms with Crippen LogP contribution in [0.5, 0.6) is 0 Å². The van der Waals surface area contributed by atoms with Gasteiger partial charge >= 0.3 is 0 Å². The average molecular weight is 1410 g/mol. The number of fused-ring (bicyclic) bond motifs is 1. The molecule has 35 nitrogen and oxygen atoms in total. The van der Waals surface area contributed by atoms with Crippen molar-refractivity contribution in [2.24, 2.45) is 68.8 Å². The van der Waals surface area contributed by atoms with E-state index in [4.69, 9.17) is 40.1 Å². The van der Waals surface area contributed by atoms with Crippen molar-refractivity contribution in [3.8, 4) is 0 Å². The standard InChI is InChI=1S/C65H110N20O15/c1-11-35(8)52(83-50(89)31-75-57(93)47(29-38-30-74-41-18-13-12-17-39(38)41)82-62(98)51(34(6)7)84-64(100)53(37(10)86)85-56(92)40(67)27-32(2)3)63(99)80-43(19-14-15-25-66)59(95)78-45(22-24-49(69)88)60(96)81-46(28-33(4)5)61(97)79-44(21-23-48(68)87)58(94)76-36(9)55(91)77-42(54(70)90)20-16-26-73-65(71)72/h12-13,17-18,30,32-37,40,42-47,51-53,74,86H,11,14-16,19-29,31,66-67H2,1-10H3,(H2,68,87)(H2,69,88)(H2,70,90)(H,75,93)(H,76,94)(H,77,91)(H,78,95)(H,79,97)(H,80,99)(H,81,96)(H,82,98)(H,83,89)(H,84,100)(H,85,92)(H4,71,72,73). The second kappa shape index (κ2) is 43.8. The lowest BCUT2D eigenvalue weighted by molar-refractivity contribution is -0.136. The number of hydrogen-bond donors (Lipinski definition) is 20. The number of aromatic amines is 1. The van der Waals surface area contributed by atoms with E-state index < -0.39 is 193 Å². The van der Waals surface area contributed by atoms with Crippen molar-refractivity contribution in [1.29, 1.82) is 0 Å². The number of aromatic nitrogens is 1. The first kappa shape index (κ1) is 86.6. The number of aliphatic hydroxyl groups excluding tert-OH is 1. The number of rotatable bonds is 47. The molecular formula is C65H110N20O15. The summed E-state index contributed by atoms with van der Waals surface area (Å²) in [4.78, 5) is 197. The second-order valence-electron chi connectivity index (χ2n) is 26.3. The van der Waals surface area contributed by atoms with E-state index >= 15 is 0 Å². The molecule has 0 aliphatic rings. The van der Waals surface area contributed by atoms with Gasteiger partial charge in [0.2, 0.25) is 82.7 Å². The summed E-state index contributed by atoms with van der Waals surface area (Å²) in [7, 11) is 0. The van der Waals surface area contributed by atoms with Crippen LogP contribution in [0.25, 0.3) is 10.9 Å². The van der Waals surface area contributed by atoms with Gasteiger partial charge in [-0.1, -0.05) is 80.0 Å². The van der Waals surface area contributed by atoms with Gasteiger partial charge in [-0.3, -0.25) is 72.1 Å². The molecule has 1 heterocycles. The fourth-order valence-corrected chi connectivity index (χ4v) is 10.4. The van der Waals surface area contributed by atoms with Crippen LogP contribution in [0.3, 0.4) is 0 Å². The lowest BCUT2D eigenvalue weighted by Crippen LogP contribution is -2.61. The Morgan fingerprint density at radius 1 is 0.510 bits per heavy atom. The zero-order valence-electron chi connectivity index (χ0n) is 59.1. The number of aliphatic hydroxyl groups is 1. The highest BCUT2D eigenvalue weighted by atomic mass is 16.3. The smallest absolute Gasteiger partial charge is 0.245 e. The van der Waals surface area contributed by atoms with Crippen LogP contribution in [-0.2, 0) is 73.5 Å². The fraction of sp³-hybridized carbons (Fsp3) is 0.646. The topological polar surface area (TPSA) is 602 Å².